The monoisotopic (exact) mass is 240 g/mol. The van der Waals surface area contributed by atoms with Crippen LogP contribution in [0.2, 0.25) is 0 Å². The summed E-state index contributed by atoms with van der Waals surface area (Å²) in [5.74, 6) is 0.465. The molecule has 2 radical (unpaired) electrons. The van der Waals surface area contributed by atoms with Crippen LogP contribution in [0.25, 0.3) is 0 Å². The molecule has 2 aromatic carbocycles. The first-order chi connectivity index (χ1) is 8.56. The van der Waals surface area contributed by atoms with Crippen LogP contribution >= 0.6 is 0 Å². The molecule has 0 aliphatic rings. The van der Waals surface area contributed by atoms with E-state index in [4.69, 9.17) is 0 Å². The molecule has 0 spiro atoms. The van der Waals surface area contributed by atoms with Crippen LogP contribution in [-0.4, -0.2) is 10.2 Å². The van der Waals surface area contributed by atoms with Crippen molar-refractivity contribution >= 4 is 0 Å². The van der Waals surface area contributed by atoms with Crippen molar-refractivity contribution < 1.29 is 10.2 Å². The minimum atomic E-state index is -0.471. The maximum atomic E-state index is 9.33. The summed E-state index contributed by atoms with van der Waals surface area (Å²) in [7, 11) is 0. The minimum absolute atomic E-state index is 0.232. The minimum Gasteiger partial charge on any atom is -0.508 e. The molecule has 0 atom stereocenters. The first kappa shape index (κ1) is 12.5. The van der Waals surface area contributed by atoms with Gasteiger partial charge in [0.1, 0.15) is 11.5 Å². The van der Waals surface area contributed by atoms with E-state index < -0.39 is 5.41 Å². The normalized spacial score (nSPS) is 11.4. The Kier molecular flexibility index (Phi) is 3.28. The molecular formula is C16H16O2. The molecule has 0 saturated heterocycles. The van der Waals surface area contributed by atoms with Gasteiger partial charge < -0.3 is 10.2 Å². The Balaban J connectivity index is 2.47. The summed E-state index contributed by atoms with van der Waals surface area (Å²) in [6, 6.07) is 14.0. The molecule has 18 heavy (non-hydrogen) atoms. The second-order valence-electron chi connectivity index (χ2n) is 4.43. The lowest BCUT2D eigenvalue weighted by Gasteiger charge is -2.29. The molecule has 2 nitrogen and oxygen atoms in total. The highest BCUT2D eigenvalue weighted by Crippen LogP contribution is 2.35. The molecule has 2 heteroatoms. The first-order valence-corrected chi connectivity index (χ1v) is 5.80. The van der Waals surface area contributed by atoms with Crippen LogP contribution < -0.4 is 0 Å². The predicted octanol–water partition coefficient (Wildman–Crippen LogP) is 3.44. The molecule has 0 heterocycles. The van der Waals surface area contributed by atoms with E-state index >= 15 is 0 Å². The molecule has 0 amide bonds. The van der Waals surface area contributed by atoms with Crippen LogP contribution in [0.15, 0.2) is 48.5 Å². The van der Waals surface area contributed by atoms with Crippen LogP contribution in [0, 0.1) is 13.8 Å². The third-order valence-corrected chi connectivity index (χ3v) is 3.27. The molecule has 2 rings (SSSR count). The molecule has 2 N–H and O–H groups in total. The standard InChI is InChI=1S/C16H16O2/c1-3-16(2,12-4-8-14(17)9-5-12)13-6-10-15(18)11-7-13/h4-11,17-18H,1-3H2. The summed E-state index contributed by atoms with van der Waals surface area (Å²) in [5.41, 5.74) is 1.50. The van der Waals surface area contributed by atoms with Gasteiger partial charge in [0.2, 0.25) is 0 Å². The summed E-state index contributed by atoms with van der Waals surface area (Å²) in [4.78, 5) is 0. The lowest BCUT2D eigenvalue weighted by atomic mass is 9.74. The molecule has 0 aliphatic heterocycles. The van der Waals surface area contributed by atoms with Gasteiger partial charge in [-0.25, -0.2) is 0 Å². The predicted molar refractivity (Wildman–Crippen MR) is 72.3 cm³/mol. The van der Waals surface area contributed by atoms with Crippen LogP contribution in [0.1, 0.15) is 17.5 Å². The number of rotatable bonds is 3. The fourth-order valence-electron chi connectivity index (χ4n) is 2.02. The molecule has 2 aromatic rings. The molecule has 0 fully saturated rings. The summed E-state index contributed by atoms with van der Waals surface area (Å²) >= 11 is 0. The molecule has 0 saturated carbocycles. The lowest BCUT2D eigenvalue weighted by molar-refractivity contribution is 0.474. The lowest BCUT2D eigenvalue weighted by Crippen LogP contribution is -2.22. The number of aromatic hydroxyl groups is 2. The van der Waals surface area contributed by atoms with Gasteiger partial charge in [0.05, 0.1) is 0 Å². The average Bonchev–Trinajstić information content (AvgIpc) is 2.39. The summed E-state index contributed by atoms with van der Waals surface area (Å²) in [5, 5.41) is 18.7. The Bertz CT molecular complexity index is 466. The topological polar surface area (TPSA) is 40.5 Å². The van der Waals surface area contributed by atoms with Crippen molar-refractivity contribution in [2.45, 2.75) is 11.8 Å². The van der Waals surface area contributed by atoms with Crippen molar-refractivity contribution in [3.63, 3.8) is 0 Å². The second kappa shape index (κ2) is 4.73. The smallest absolute Gasteiger partial charge is 0.115 e. The molecular weight excluding hydrogens is 224 g/mol. The van der Waals surface area contributed by atoms with Crippen molar-refractivity contribution in [3.05, 3.63) is 73.5 Å². The summed E-state index contributed by atoms with van der Waals surface area (Å²) < 4.78 is 0. The van der Waals surface area contributed by atoms with Crippen LogP contribution in [-0.2, 0) is 5.41 Å². The number of hydrogen-bond acceptors (Lipinski definition) is 2. The van der Waals surface area contributed by atoms with Crippen molar-refractivity contribution in [2.24, 2.45) is 0 Å². The van der Waals surface area contributed by atoms with Crippen LogP contribution in [0.4, 0.5) is 0 Å². The van der Waals surface area contributed by atoms with E-state index in [-0.39, 0.29) is 11.5 Å². The van der Waals surface area contributed by atoms with E-state index in [1.165, 1.54) is 0 Å². The number of phenolic OH excluding ortho intramolecular Hbond substituents is 2. The van der Waals surface area contributed by atoms with Crippen molar-refractivity contribution in [2.75, 3.05) is 0 Å². The number of benzene rings is 2. The fourth-order valence-corrected chi connectivity index (χ4v) is 2.02. The summed E-state index contributed by atoms with van der Waals surface area (Å²) in [6.07, 6.45) is 0.586. The van der Waals surface area contributed by atoms with Gasteiger partial charge in [0.15, 0.2) is 0 Å². The van der Waals surface area contributed by atoms with Gasteiger partial charge in [0.25, 0.3) is 0 Å². The maximum absolute atomic E-state index is 9.33. The Morgan fingerprint density at radius 1 is 0.778 bits per heavy atom. The average molecular weight is 240 g/mol. The first-order valence-electron chi connectivity index (χ1n) is 5.80. The van der Waals surface area contributed by atoms with Gasteiger partial charge in [-0.15, -0.1) is 0 Å². The molecule has 92 valence electrons. The summed E-state index contributed by atoms with van der Waals surface area (Å²) in [6.45, 7) is 8.23. The van der Waals surface area contributed by atoms with Gasteiger partial charge in [-0.2, -0.15) is 0 Å². The second-order valence-corrected chi connectivity index (χ2v) is 4.43. The highest BCUT2D eigenvalue weighted by atomic mass is 16.3. The SMILES string of the molecule is [CH2]CC([CH2])(c1ccc(O)cc1)c1ccc(O)cc1. The van der Waals surface area contributed by atoms with Gasteiger partial charge in [-0.3, -0.25) is 0 Å². The third kappa shape index (κ3) is 2.19. The Morgan fingerprint density at radius 3 is 1.39 bits per heavy atom. The Hall–Kier alpha value is -1.96. The fraction of sp³-hybridized carbons (Fsp3) is 0.125. The quantitative estimate of drug-likeness (QED) is 0.862. The zero-order chi connectivity index (χ0) is 13.2. The Labute approximate surface area is 108 Å². The van der Waals surface area contributed by atoms with Crippen molar-refractivity contribution in [1.29, 1.82) is 0 Å². The van der Waals surface area contributed by atoms with E-state index in [9.17, 15) is 10.2 Å². The maximum Gasteiger partial charge on any atom is 0.115 e. The van der Waals surface area contributed by atoms with Gasteiger partial charge in [-0.1, -0.05) is 31.2 Å². The van der Waals surface area contributed by atoms with Crippen LogP contribution in [0.3, 0.4) is 0 Å². The van der Waals surface area contributed by atoms with Crippen molar-refractivity contribution in [1.82, 2.24) is 0 Å². The van der Waals surface area contributed by atoms with E-state index in [1.807, 2.05) is 24.3 Å². The van der Waals surface area contributed by atoms with Gasteiger partial charge >= 0.3 is 0 Å². The zero-order valence-electron chi connectivity index (χ0n) is 10.1. The van der Waals surface area contributed by atoms with Crippen LogP contribution in [0.5, 0.6) is 11.5 Å². The molecule has 0 unspecified atom stereocenters. The zero-order valence-corrected chi connectivity index (χ0v) is 10.1. The van der Waals surface area contributed by atoms with E-state index in [1.54, 1.807) is 24.3 Å². The third-order valence-electron chi connectivity index (χ3n) is 3.27. The molecule has 0 bridgehead atoms. The number of phenols is 2. The van der Waals surface area contributed by atoms with E-state index in [2.05, 4.69) is 13.8 Å². The van der Waals surface area contributed by atoms with E-state index in [0.717, 1.165) is 11.1 Å². The Morgan fingerprint density at radius 2 is 1.11 bits per heavy atom. The van der Waals surface area contributed by atoms with Gasteiger partial charge in [-0.05, 0) is 48.7 Å². The van der Waals surface area contributed by atoms with Gasteiger partial charge in [0, 0.05) is 5.41 Å². The molecule has 0 aliphatic carbocycles. The molecule has 0 aromatic heterocycles. The number of hydrogen-bond donors (Lipinski definition) is 2. The largest absolute Gasteiger partial charge is 0.508 e. The highest BCUT2D eigenvalue weighted by molar-refractivity contribution is 5.44. The van der Waals surface area contributed by atoms with E-state index in [0.29, 0.717) is 6.42 Å². The van der Waals surface area contributed by atoms with Crippen molar-refractivity contribution in [3.8, 4) is 11.5 Å². The highest BCUT2D eigenvalue weighted by Gasteiger charge is 2.26.